The molecule has 7 heteroatoms. The van der Waals surface area contributed by atoms with Gasteiger partial charge in [-0.3, -0.25) is 14.4 Å². The number of aryl methyl sites for hydroxylation is 3. The van der Waals surface area contributed by atoms with Crippen molar-refractivity contribution in [1.82, 2.24) is 29.7 Å². The number of rotatable bonds is 4. The molecular formula is C18H26N6O. The summed E-state index contributed by atoms with van der Waals surface area (Å²) in [7, 11) is 1.89. The van der Waals surface area contributed by atoms with Crippen molar-refractivity contribution in [3.63, 3.8) is 0 Å². The second-order valence-corrected chi connectivity index (χ2v) is 7.45. The molecule has 0 amide bonds. The summed E-state index contributed by atoms with van der Waals surface area (Å²) in [5, 5.41) is 12.8. The summed E-state index contributed by atoms with van der Waals surface area (Å²) in [6.45, 7) is 3.70. The zero-order valence-electron chi connectivity index (χ0n) is 14.9. The first kappa shape index (κ1) is 16.4. The molecule has 1 aliphatic carbocycles. The molecule has 25 heavy (non-hydrogen) atoms. The van der Waals surface area contributed by atoms with Gasteiger partial charge in [0.2, 0.25) is 0 Å². The fourth-order valence-electron chi connectivity index (χ4n) is 4.00. The standard InChI is InChI=1S/C18H26N6O/c1-22-12-16(19-21-22)13-23-8-6-14(7-9-23)11-24-18(25)10-15-4-2-3-5-17(15)20-24/h10,12,14H,2-9,11,13H2,1H3. The van der Waals surface area contributed by atoms with Gasteiger partial charge in [0.1, 0.15) is 0 Å². The van der Waals surface area contributed by atoms with Crippen molar-refractivity contribution in [2.45, 2.75) is 51.6 Å². The first-order valence-corrected chi connectivity index (χ1v) is 9.35. The van der Waals surface area contributed by atoms with E-state index < -0.39 is 0 Å². The van der Waals surface area contributed by atoms with Gasteiger partial charge < -0.3 is 0 Å². The summed E-state index contributed by atoms with van der Waals surface area (Å²) in [6, 6.07) is 1.82. The van der Waals surface area contributed by atoms with Gasteiger partial charge in [-0.2, -0.15) is 5.10 Å². The molecule has 0 aromatic carbocycles. The molecule has 0 unspecified atom stereocenters. The molecule has 0 radical (unpaired) electrons. The number of nitrogens with zero attached hydrogens (tertiary/aromatic N) is 6. The summed E-state index contributed by atoms with van der Waals surface area (Å²) in [5.41, 5.74) is 3.41. The Morgan fingerprint density at radius 2 is 2.00 bits per heavy atom. The van der Waals surface area contributed by atoms with E-state index in [1.54, 1.807) is 9.36 Å². The minimum absolute atomic E-state index is 0.0719. The highest BCUT2D eigenvalue weighted by molar-refractivity contribution is 5.20. The van der Waals surface area contributed by atoms with Gasteiger partial charge in [0, 0.05) is 32.4 Å². The summed E-state index contributed by atoms with van der Waals surface area (Å²) in [6.07, 6.45) is 8.59. The van der Waals surface area contributed by atoms with Crippen LogP contribution in [0, 0.1) is 5.92 Å². The number of piperidine rings is 1. The zero-order valence-corrected chi connectivity index (χ0v) is 14.9. The monoisotopic (exact) mass is 342 g/mol. The molecule has 0 atom stereocenters. The molecule has 0 bridgehead atoms. The van der Waals surface area contributed by atoms with Gasteiger partial charge in [-0.05, 0) is 63.1 Å². The molecule has 2 aromatic rings. The lowest BCUT2D eigenvalue weighted by molar-refractivity contribution is 0.161. The summed E-state index contributed by atoms with van der Waals surface area (Å²) in [4.78, 5) is 14.8. The number of fused-ring (bicyclic) bond motifs is 1. The van der Waals surface area contributed by atoms with Gasteiger partial charge in [-0.25, -0.2) is 4.68 Å². The minimum atomic E-state index is 0.0719. The summed E-state index contributed by atoms with van der Waals surface area (Å²) >= 11 is 0. The second kappa shape index (κ2) is 7.07. The van der Waals surface area contributed by atoms with Crippen LogP contribution < -0.4 is 5.56 Å². The van der Waals surface area contributed by atoms with Crippen molar-refractivity contribution in [3.05, 3.63) is 39.6 Å². The molecule has 3 heterocycles. The lowest BCUT2D eigenvalue weighted by Crippen LogP contribution is -2.37. The van der Waals surface area contributed by atoms with Gasteiger partial charge in [0.25, 0.3) is 5.56 Å². The Balaban J connectivity index is 1.35. The molecule has 134 valence electrons. The van der Waals surface area contributed by atoms with Gasteiger partial charge in [0.05, 0.1) is 11.4 Å². The molecule has 1 aliphatic heterocycles. The van der Waals surface area contributed by atoms with Gasteiger partial charge >= 0.3 is 0 Å². The Labute approximate surface area is 147 Å². The van der Waals surface area contributed by atoms with Crippen molar-refractivity contribution in [2.24, 2.45) is 13.0 Å². The predicted molar refractivity (Wildman–Crippen MR) is 94.1 cm³/mol. The summed E-state index contributed by atoms with van der Waals surface area (Å²) < 4.78 is 3.46. The van der Waals surface area contributed by atoms with Crippen molar-refractivity contribution < 1.29 is 0 Å². The minimum Gasteiger partial charge on any atom is -0.297 e. The highest BCUT2D eigenvalue weighted by Crippen LogP contribution is 2.21. The number of hydrogen-bond acceptors (Lipinski definition) is 5. The average molecular weight is 342 g/mol. The van der Waals surface area contributed by atoms with Crippen LogP contribution in [-0.4, -0.2) is 42.8 Å². The van der Waals surface area contributed by atoms with E-state index >= 15 is 0 Å². The van der Waals surface area contributed by atoms with E-state index in [1.165, 1.54) is 18.4 Å². The normalized spacial score (nSPS) is 19.1. The molecule has 0 N–H and O–H groups in total. The van der Waals surface area contributed by atoms with E-state index in [2.05, 4.69) is 20.3 Å². The van der Waals surface area contributed by atoms with E-state index in [4.69, 9.17) is 0 Å². The fraction of sp³-hybridized carbons (Fsp3) is 0.667. The van der Waals surface area contributed by atoms with Gasteiger partial charge in [-0.15, -0.1) is 5.10 Å². The van der Waals surface area contributed by atoms with Crippen LogP contribution in [0.25, 0.3) is 0 Å². The maximum Gasteiger partial charge on any atom is 0.267 e. The van der Waals surface area contributed by atoms with Gasteiger partial charge in [0.15, 0.2) is 0 Å². The fourth-order valence-corrected chi connectivity index (χ4v) is 4.00. The predicted octanol–water partition coefficient (Wildman–Crippen LogP) is 1.16. The van der Waals surface area contributed by atoms with E-state index in [0.717, 1.165) is 63.3 Å². The highest BCUT2D eigenvalue weighted by Gasteiger charge is 2.22. The Morgan fingerprint density at radius 1 is 1.20 bits per heavy atom. The van der Waals surface area contributed by atoms with Crippen LogP contribution in [0.15, 0.2) is 17.1 Å². The van der Waals surface area contributed by atoms with Crippen LogP contribution in [0.2, 0.25) is 0 Å². The zero-order chi connectivity index (χ0) is 17.2. The van der Waals surface area contributed by atoms with Crippen LogP contribution in [0.5, 0.6) is 0 Å². The van der Waals surface area contributed by atoms with Crippen molar-refractivity contribution in [1.29, 1.82) is 0 Å². The van der Waals surface area contributed by atoms with E-state index in [-0.39, 0.29) is 5.56 Å². The van der Waals surface area contributed by atoms with Gasteiger partial charge in [-0.1, -0.05) is 5.21 Å². The van der Waals surface area contributed by atoms with Crippen LogP contribution in [0.3, 0.4) is 0 Å². The topological polar surface area (TPSA) is 68.8 Å². The molecule has 1 fully saturated rings. The first-order valence-electron chi connectivity index (χ1n) is 9.35. The van der Waals surface area contributed by atoms with Crippen LogP contribution in [0.1, 0.15) is 42.6 Å². The number of hydrogen-bond donors (Lipinski definition) is 0. The molecule has 7 nitrogen and oxygen atoms in total. The molecule has 0 saturated carbocycles. The quantitative estimate of drug-likeness (QED) is 0.834. The average Bonchev–Trinajstić information content (AvgIpc) is 3.02. The number of aromatic nitrogens is 5. The van der Waals surface area contributed by atoms with Crippen LogP contribution >= 0.6 is 0 Å². The van der Waals surface area contributed by atoms with E-state index in [0.29, 0.717) is 5.92 Å². The SMILES string of the molecule is Cn1cc(CN2CCC(Cn3nc4c(cc3=O)CCCC4)CC2)nn1. The van der Waals surface area contributed by atoms with E-state index in [9.17, 15) is 4.79 Å². The molecular weight excluding hydrogens is 316 g/mol. The molecule has 2 aliphatic rings. The summed E-state index contributed by atoms with van der Waals surface area (Å²) in [5.74, 6) is 0.532. The first-order chi connectivity index (χ1) is 12.2. The third-order valence-electron chi connectivity index (χ3n) is 5.45. The van der Waals surface area contributed by atoms with Crippen LogP contribution in [-0.2, 0) is 33.0 Å². The molecule has 4 rings (SSSR count). The Kier molecular flexibility index (Phi) is 4.65. The smallest absolute Gasteiger partial charge is 0.267 e. The third kappa shape index (κ3) is 3.81. The van der Waals surface area contributed by atoms with E-state index in [1.807, 2.05) is 19.3 Å². The maximum atomic E-state index is 12.3. The molecule has 2 aromatic heterocycles. The molecule has 1 saturated heterocycles. The van der Waals surface area contributed by atoms with Crippen molar-refractivity contribution in [3.8, 4) is 0 Å². The second-order valence-electron chi connectivity index (χ2n) is 7.45. The largest absolute Gasteiger partial charge is 0.297 e. The number of likely N-dealkylation sites (tertiary alicyclic amines) is 1. The Bertz CT molecular complexity index is 787. The van der Waals surface area contributed by atoms with Crippen molar-refractivity contribution >= 4 is 0 Å². The third-order valence-corrected chi connectivity index (χ3v) is 5.45. The maximum absolute atomic E-state index is 12.3. The Morgan fingerprint density at radius 3 is 2.76 bits per heavy atom. The lowest BCUT2D eigenvalue weighted by atomic mass is 9.96. The molecule has 0 spiro atoms. The Hall–Kier alpha value is -2.02. The van der Waals surface area contributed by atoms with Crippen LogP contribution in [0.4, 0.5) is 0 Å². The lowest BCUT2D eigenvalue weighted by Gasteiger charge is -2.31. The van der Waals surface area contributed by atoms with Crippen molar-refractivity contribution in [2.75, 3.05) is 13.1 Å². The highest BCUT2D eigenvalue weighted by atomic mass is 16.1.